The molecule has 0 amide bonds. The molecule has 100 valence electrons. The lowest BCUT2D eigenvalue weighted by atomic mass is 9.94. The molecule has 2 N–H and O–H groups in total. The van der Waals surface area contributed by atoms with Gasteiger partial charge in [0.05, 0.1) is 12.6 Å². The molecular weight excluding hydrogens is 234 g/mol. The van der Waals surface area contributed by atoms with E-state index in [0.717, 1.165) is 11.3 Å². The maximum atomic E-state index is 6.35. The number of hydrogen-bond donors (Lipinski definition) is 1. The minimum Gasteiger partial charge on any atom is -0.494 e. The summed E-state index contributed by atoms with van der Waals surface area (Å²) in [6.45, 7) is 6.87. The number of hydrogen-bond acceptors (Lipinski definition) is 2. The van der Waals surface area contributed by atoms with Gasteiger partial charge in [0.25, 0.3) is 0 Å². The van der Waals surface area contributed by atoms with E-state index in [1.165, 1.54) is 16.7 Å². The van der Waals surface area contributed by atoms with E-state index in [1.54, 1.807) is 0 Å². The van der Waals surface area contributed by atoms with Crippen molar-refractivity contribution in [1.29, 1.82) is 0 Å². The lowest BCUT2D eigenvalue weighted by Gasteiger charge is -2.16. The molecule has 2 aromatic carbocycles. The first-order chi connectivity index (χ1) is 9.11. The van der Waals surface area contributed by atoms with Gasteiger partial charge in [-0.2, -0.15) is 0 Å². The molecule has 0 spiro atoms. The van der Waals surface area contributed by atoms with Gasteiger partial charge in [0.1, 0.15) is 5.75 Å². The van der Waals surface area contributed by atoms with Crippen LogP contribution in [-0.2, 0) is 0 Å². The number of nitrogens with two attached hydrogens (primary N) is 1. The Morgan fingerprint density at radius 3 is 2.32 bits per heavy atom. The van der Waals surface area contributed by atoms with Crippen molar-refractivity contribution in [2.45, 2.75) is 26.8 Å². The average Bonchev–Trinajstić information content (AvgIpc) is 2.39. The van der Waals surface area contributed by atoms with Gasteiger partial charge < -0.3 is 10.5 Å². The zero-order valence-electron chi connectivity index (χ0n) is 11.8. The SMILES string of the molecule is CCOc1ccc(C(N)c2ccc(C)cc2C)cc1. The molecule has 2 aromatic rings. The van der Waals surface area contributed by atoms with Crippen LogP contribution in [-0.4, -0.2) is 6.61 Å². The first kappa shape index (κ1) is 13.6. The van der Waals surface area contributed by atoms with E-state index in [-0.39, 0.29) is 6.04 Å². The third-order valence-corrected chi connectivity index (χ3v) is 3.31. The summed E-state index contributed by atoms with van der Waals surface area (Å²) in [5, 5.41) is 0. The Morgan fingerprint density at radius 1 is 1.05 bits per heavy atom. The summed E-state index contributed by atoms with van der Waals surface area (Å²) in [4.78, 5) is 0. The van der Waals surface area contributed by atoms with Gasteiger partial charge in [-0.1, -0.05) is 35.9 Å². The smallest absolute Gasteiger partial charge is 0.119 e. The van der Waals surface area contributed by atoms with Crippen molar-refractivity contribution in [2.24, 2.45) is 5.73 Å². The van der Waals surface area contributed by atoms with E-state index in [1.807, 2.05) is 31.2 Å². The average molecular weight is 255 g/mol. The van der Waals surface area contributed by atoms with Crippen molar-refractivity contribution >= 4 is 0 Å². The van der Waals surface area contributed by atoms with Crippen LogP contribution in [0.15, 0.2) is 42.5 Å². The Morgan fingerprint density at radius 2 is 1.74 bits per heavy atom. The zero-order chi connectivity index (χ0) is 13.8. The van der Waals surface area contributed by atoms with Crippen molar-refractivity contribution in [3.8, 4) is 5.75 Å². The van der Waals surface area contributed by atoms with Crippen LogP contribution in [0.1, 0.15) is 35.2 Å². The highest BCUT2D eigenvalue weighted by molar-refractivity contribution is 5.40. The second-order valence-corrected chi connectivity index (χ2v) is 4.84. The Bertz CT molecular complexity index is 546. The quantitative estimate of drug-likeness (QED) is 0.903. The molecule has 0 saturated carbocycles. The molecule has 2 rings (SSSR count). The molecule has 0 aliphatic rings. The topological polar surface area (TPSA) is 35.2 Å². The van der Waals surface area contributed by atoms with Crippen LogP contribution in [0.3, 0.4) is 0 Å². The fourth-order valence-electron chi connectivity index (χ4n) is 2.29. The van der Waals surface area contributed by atoms with Gasteiger partial charge in [0.15, 0.2) is 0 Å². The normalized spacial score (nSPS) is 12.2. The Balaban J connectivity index is 2.25. The predicted molar refractivity (Wildman–Crippen MR) is 79.6 cm³/mol. The van der Waals surface area contributed by atoms with Crippen molar-refractivity contribution in [3.63, 3.8) is 0 Å². The lowest BCUT2D eigenvalue weighted by Crippen LogP contribution is -2.13. The van der Waals surface area contributed by atoms with Crippen LogP contribution in [0.2, 0.25) is 0 Å². The molecule has 1 unspecified atom stereocenters. The van der Waals surface area contributed by atoms with Crippen molar-refractivity contribution in [2.75, 3.05) is 6.61 Å². The van der Waals surface area contributed by atoms with E-state index in [2.05, 4.69) is 32.0 Å². The van der Waals surface area contributed by atoms with Crippen LogP contribution in [0.5, 0.6) is 5.75 Å². The second-order valence-electron chi connectivity index (χ2n) is 4.84. The Hall–Kier alpha value is -1.80. The molecule has 0 bridgehead atoms. The maximum Gasteiger partial charge on any atom is 0.119 e. The van der Waals surface area contributed by atoms with E-state index in [0.29, 0.717) is 6.61 Å². The Labute approximate surface area is 115 Å². The first-order valence-electron chi connectivity index (χ1n) is 6.67. The summed E-state index contributed by atoms with van der Waals surface area (Å²) in [5.74, 6) is 0.888. The molecule has 0 aliphatic heterocycles. The van der Waals surface area contributed by atoms with Crippen molar-refractivity contribution < 1.29 is 4.74 Å². The van der Waals surface area contributed by atoms with E-state index in [9.17, 15) is 0 Å². The van der Waals surface area contributed by atoms with Gasteiger partial charge in [-0.3, -0.25) is 0 Å². The monoisotopic (exact) mass is 255 g/mol. The molecule has 19 heavy (non-hydrogen) atoms. The minimum atomic E-state index is -0.0868. The summed E-state index contributed by atoms with van der Waals surface area (Å²) in [6, 6.07) is 14.3. The predicted octanol–water partition coefficient (Wildman–Crippen LogP) is 3.75. The molecule has 0 aromatic heterocycles. The molecule has 0 saturated heterocycles. The van der Waals surface area contributed by atoms with E-state index in [4.69, 9.17) is 10.5 Å². The highest BCUT2D eigenvalue weighted by atomic mass is 16.5. The maximum absolute atomic E-state index is 6.35. The van der Waals surface area contributed by atoms with Crippen molar-refractivity contribution in [1.82, 2.24) is 0 Å². The molecule has 0 heterocycles. The van der Waals surface area contributed by atoms with Gasteiger partial charge in [0, 0.05) is 0 Å². The molecular formula is C17H21NO. The van der Waals surface area contributed by atoms with Gasteiger partial charge >= 0.3 is 0 Å². The van der Waals surface area contributed by atoms with Crippen molar-refractivity contribution in [3.05, 3.63) is 64.7 Å². The van der Waals surface area contributed by atoms with Crippen LogP contribution in [0.4, 0.5) is 0 Å². The standard InChI is InChI=1S/C17H21NO/c1-4-19-15-8-6-14(7-9-15)17(18)16-10-5-12(2)11-13(16)3/h5-11,17H,4,18H2,1-3H3. The summed E-state index contributed by atoms with van der Waals surface area (Å²) >= 11 is 0. The van der Waals surface area contributed by atoms with Crippen LogP contribution in [0, 0.1) is 13.8 Å². The lowest BCUT2D eigenvalue weighted by molar-refractivity contribution is 0.340. The third-order valence-electron chi connectivity index (χ3n) is 3.31. The fraction of sp³-hybridized carbons (Fsp3) is 0.294. The van der Waals surface area contributed by atoms with Gasteiger partial charge in [-0.15, -0.1) is 0 Å². The fourth-order valence-corrected chi connectivity index (χ4v) is 2.29. The Kier molecular flexibility index (Phi) is 4.23. The zero-order valence-corrected chi connectivity index (χ0v) is 11.8. The molecule has 1 atom stereocenters. The minimum absolute atomic E-state index is 0.0868. The molecule has 2 nitrogen and oxygen atoms in total. The summed E-state index contributed by atoms with van der Waals surface area (Å²) < 4.78 is 5.44. The van der Waals surface area contributed by atoms with E-state index < -0.39 is 0 Å². The van der Waals surface area contributed by atoms with Gasteiger partial charge in [0.2, 0.25) is 0 Å². The molecule has 2 heteroatoms. The second kappa shape index (κ2) is 5.89. The number of rotatable bonds is 4. The highest BCUT2D eigenvalue weighted by Crippen LogP contribution is 2.25. The molecule has 0 radical (unpaired) electrons. The number of benzene rings is 2. The molecule has 0 fully saturated rings. The first-order valence-corrected chi connectivity index (χ1v) is 6.67. The summed E-state index contributed by atoms with van der Waals surface area (Å²) in [5.41, 5.74) is 11.1. The van der Waals surface area contributed by atoms with Gasteiger partial charge in [-0.05, 0) is 49.6 Å². The van der Waals surface area contributed by atoms with Crippen LogP contribution in [0.25, 0.3) is 0 Å². The highest BCUT2D eigenvalue weighted by Gasteiger charge is 2.11. The summed E-state index contributed by atoms with van der Waals surface area (Å²) in [7, 11) is 0. The number of ether oxygens (including phenoxy) is 1. The largest absolute Gasteiger partial charge is 0.494 e. The van der Waals surface area contributed by atoms with Gasteiger partial charge in [-0.25, -0.2) is 0 Å². The third kappa shape index (κ3) is 3.15. The van der Waals surface area contributed by atoms with E-state index >= 15 is 0 Å². The number of aryl methyl sites for hydroxylation is 2. The van der Waals surface area contributed by atoms with Crippen LogP contribution >= 0.6 is 0 Å². The molecule has 0 aliphatic carbocycles. The summed E-state index contributed by atoms with van der Waals surface area (Å²) in [6.07, 6.45) is 0. The van der Waals surface area contributed by atoms with Crippen LogP contribution < -0.4 is 10.5 Å².